The van der Waals surface area contributed by atoms with E-state index in [9.17, 15) is 4.79 Å². The van der Waals surface area contributed by atoms with Crippen molar-refractivity contribution in [2.45, 2.75) is 12.8 Å². The molecule has 0 spiro atoms. The number of thiophene rings is 1. The largest absolute Gasteiger partial charge is 0.339 e. The lowest BCUT2D eigenvalue weighted by Gasteiger charge is -1.94. The zero-order valence-electron chi connectivity index (χ0n) is 11.8. The Balaban J connectivity index is 1.65. The molecule has 2 heterocycles. The minimum absolute atomic E-state index is 0.00283. The van der Waals surface area contributed by atoms with Gasteiger partial charge in [-0.1, -0.05) is 41.0 Å². The molecule has 0 unspecified atom stereocenters. The third kappa shape index (κ3) is 3.65. The zero-order valence-corrected chi connectivity index (χ0v) is 13.4. The van der Waals surface area contributed by atoms with Gasteiger partial charge in [0.2, 0.25) is 11.7 Å². The molecule has 0 saturated heterocycles. The van der Waals surface area contributed by atoms with E-state index in [1.807, 2.05) is 0 Å². The monoisotopic (exact) mass is 343 g/mol. The minimum atomic E-state index is 0.00283. The van der Waals surface area contributed by atoms with Gasteiger partial charge in [0.25, 0.3) is 0 Å². The van der Waals surface area contributed by atoms with Gasteiger partial charge in [-0.15, -0.1) is 11.3 Å². The summed E-state index contributed by atoms with van der Waals surface area (Å²) in [5.41, 5.74) is 1.32. The van der Waals surface area contributed by atoms with E-state index in [0.717, 1.165) is 5.56 Å². The second-order valence-corrected chi connectivity index (χ2v) is 6.41. The van der Waals surface area contributed by atoms with Gasteiger partial charge in [0.1, 0.15) is 0 Å². The normalized spacial score (nSPS) is 10.4. The van der Waals surface area contributed by atoms with Crippen molar-refractivity contribution < 1.29 is 9.32 Å². The molecule has 0 atom stereocenters. The second-order valence-electron chi connectivity index (χ2n) is 4.70. The lowest BCUT2D eigenvalue weighted by Crippen LogP contribution is -1.98. The highest BCUT2D eigenvalue weighted by Crippen LogP contribution is 2.24. The molecule has 0 aliphatic carbocycles. The van der Waals surface area contributed by atoms with Gasteiger partial charge in [0.05, 0.1) is 15.8 Å². The van der Waals surface area contributed by atoms with E-state index in [4.69, 9.17) is 22.7 Å². The average molecular weight is 344 g/mol. The second kappa shape index (κ2) is 6.73. The molecule has 7 heteroatoms. The van der Waals surface area contributed by atoms with Crippen LogP contribution in [0.5, 0.6) is 0 Å². The fourth-order valence-electron chi connectivity index (χ4n) is 1.97. The number of aryl methyl sites for hydroxylation is 1. The van der Waals surface area contributed by atoms with Crippen LogP contribution in [0.1, 0.15) is 22.0 Å². The molecule has 0 aliphatic rings. The smallest absolute Gasteiger partial charge is 0.227 e. The number of halogens is 1. The number of nitrogens with zero attached hydrogens (tertiary/aromatic N) is 3. The summed E-state index contributed by atoms with van der Waals surface area (Å²) in [6, 6.07) is 10.3. The Bertz CT molecular complexity index is 877. The van der Waals surface area contributed by atoms with Crippen LogP contribution in [-0.2, 0) is 6.42 Å². The van der Waals surface area contributed by atoms with Crippen molar-refractivity contribution in [3.05, 3.63) is 62.9 Å². The van der Waals surface area contributed by atoms with Crippen LogP contribution in [0.25, 0.3) is 16.2 Å². The average Bonchev–Trinajstić information content (AvgIpc) is 3.22. The Hall–Kier alpha value is -2.49. The molecule has 3 rings (SSSR count). The Morgan fingerprint density at radius 2 is 2.04 bits per heavy atom. The summed E-state index contributed by atoms with van der Waals surface area (Å²) in [5.74, 6) is 0.858. The first kappa shape index (κ1) is 15.4. The zero-order chi connectivity index (χ0) is 16.2. The van der Waals surface area contributed by atoms with Crippen LogP contribution < -0.4 is 0 Å². The molecule has 0 saturated carbocycles. The number of carbonyl (C=O) groups excluding carboxylic acids is 1. The summed E-state index contributed by atoms with van der Waals surface area (Å²) in [4.78, 5) is 20.2. The molecular weight excluding hydrogens is 334 g/mol. The van der Waals surface area contributed by atoms with Gasteiger partial charge >= 0.3 is 0 Å². The third-order valence-electron chi connectivity index (χ3n) is 3.14. The van der Waals surface area contributed by atoms with E-state index < -0.39 is 0 Å². The lowest BCUT2D eigenvalue weighted by atomic mass is 10.2. The number of rotatable bonds is 5. The SMILES string of the molecule is [C-]#[N+]c1ccc(-c2noc(CCC(=O)c3ccc(Cl)s3)n2)cc1. The Labute approximate surface area is 141 Å². The van der Waals surface area contributed by atoms with Crippen LogP contribution >= 0.6 is 22.9 Å². The number of Topliss-reactive ketones (excluding diaryl/α,β-unsaturated/α-hetero) is 1. The highest BCUT2D eigenvalue weighted by molar-refractivity contribution is 7.18. The molecule has 114 valence electrons. The summed E-state index contributed by atoms with van der Waals surface area (Å²) in [5, 5.41) is 3.90. The molecule has 0 aliphatic heterocycles. The number of aromatic nitrogens is 2. The van der Waals surface area contributed by atoms with E-state index in [1.165, 1.54) is 11.3 Å². The predicted molar refractivity (Wildman–Crippen MR) is 88.0 cm³/mol. The van der Waals surface area contributed by atoms with Gasteiger partial charge < -0.3 is 4.52 Å². The molecular formula is C16H10ClN3O2S. The molecule has 0 fully saturated rings. The maximum Gasteiger partial charge on any atom is 0.227 e. The molecule has 23 heavy (non-hydrogen) atoms. The fourth-order valence-corrected chi connectivity index (χ4v) is 2.98. The summed E-state index contributed by atoms with van der Waals surface area (Å²) in [7, 11) is 0. The molecule has 3 aromatic rings. The van der Waals surface area contributed by atoms with Gasteiger partial charge in [0, 0.05) is 18.4 Å². The highest BCUT2D eigenvalue weighted by Gasteiger charge is 2.13. The van der Waals surface area contributed by atoms with Crippen molar-refractivity contribution >= 4 is 34.4 Å². The molecule has 0 amide bonds. The Morgan fingerprint density at radius 1 is 1.26 bits per heavy atom. The summed E-state index contributed by atoms with van der Waals surface area (Å²) >= 11 is 7.08. The number of ketones is 1. The van der Waals surface area contributed by atoms with Crippen LogP contribution in [0.15, 0.2) is 40.9 Å². The van der Waals surface area contributed by atoms with Gasteiger partial charge in [-0.2, -0.15) is 4.98 Å². The van der Waals surface area contributed by atoms with Crippen molar-refractivity contribution in [2.75, 3.05) is 0 Å². The number of carbonyl (C=O) groups is 1. The standard InChI is InChI=1S/C16H10ClN3O2S/c1-18-11-4-2-10(3-5-11)16-19-15(22-20-16)9-6-12(21)13-7-8-14(17)23-13/h2-5,7-8H,6,9H2. The first-order valence-electron chi connectivity index (χ1n) is 6.75. The molecule has 0 N–H and O–H groups in total. The fraction of sp³-hybridized carbons (Fsp3) is 0.125. The maximum atomic E-state index is 12.0. The summed E-state index contributed by atoms with van der Waals surface area (Å²) in [6.07, 6.45) is 0.663. The van der Waals surface area contributed by atoms with Crippen LogP contribution in [0, 0.1) is 6.57 Å². The summed E-state index contributed by atoms with van der Waals surface area (Å²) < 4.78 is 5.76. The van der Waals surface area contributed by atoms with Crippen LogP contribution in [0.3, 0.4) is 0 Å². The molecule has 5 nitrogen and oxygen atoms in total. The van der Waals surface area contributed by atoms with E-state index in [-0.39, 0.29) is 12.2 Å². The van der Waals surface area contributed by atoms with Crippen molar-refractivity contribution in [3.8, 4) is 11.4 Å². The highest BCUT2D eigenvalue weighted by atomic mass is 35.5. The first-order valence-corrected chi connectivity index (χ1v) is 7.94. The minimum Gasteiger partial charge on any atom is -0.339 e. The first-order chi connectivity index (χ1) is 11.2. The van der Waals surface area contributed by atoms with Crippen LogP contribution in [-0.4, -0.2) is 15.9 Å². The Kier molecular flexibility index (Phi) is 4.51. The van der Waals surface area contributed by atoms with Crippen molar-refractivity contribution in [1.82, 2.24) is 10.1 Å². The Morgan fingerprint density at radius 3 is 2.70 bits per heavy atom. The molecule has 0 radical (unpaired) electrons. The molecule has 0 bridgehead atoms. The van der Waals surface area contributed by atoms with Crippen molar-refractivity contribution in [3.63, 3.8) is 0 Å². The quantitative estimate of drug-likeness (QED) is 0.492. The topological polar surface area (TPSA) is 60.4 Å². The van der Waals surface area contributed by atoms with Gasteiger partial charge in [-0.3, -0.25) is 4.79 Å². The van der Waals surface area contributed by atoms with E-state index in [0.29, 0.717) is 33.0 Å². The predicted octanol–water partition coefficient (Wildman–Crippen LogP) is 4.82. The van der Waals surface area contributed by atoms with Crippen LogP contribution in [0.2, 0.25) is 4.34 Å². The number of benzene rings is 1. The number of hydrogen-bond acceptors (Lipinski definition) is 5. The van der Waals surface area contributed by atoms with Crippen molar-refractivity contribution in [1.29, 1.82) is 0 Å². The molecule has 1 aromatic carbocycles. The third-order valence-corrected chi connectivity index (χ3v) is 4.41. The van der Waals surface area contributed by atoms with Gasteiger partial charge in [-0.25, -0.2) is 4.85 Å². The molecule has 2 aromatic heterocycles. The van der Waals surface area contributed by atoms with E-state index in [2.05, 4.69) is 15.0 Å². The van der Waals surface area contributed by atoms with Crippen LogP contribution in [0.4, 0.5) is 5.69 Å². The van der Waals surface area contributed by atoms with E-state index >= 15 is 0 Å². The summed E-state index contributed by atoms with van der Waals surface area (Å²) in [6.45, 7) is 6.93. The van der Waals surface area contributed by atoms with Crippen molar-refractivity contribution in [2.24, 2.45) is 0 Å². The maximum absolute atomic E-state index is 12.0. The number of hydrogen-bond donors (Lipinski definition) is 0. The van der Waals surface area contributed by atoms with Gasteiger partial charge in [-0.05, 0) is 12.1 Å². The van der Waals surface area contributed by atoms with E-state index in [1.54, 1.807) is 36.4 Å². The lowest BCUT2D eigenvalue weighted by molar-refractivity contribution is 0.0983. The van der Waals surface area contributed by atoms with Gasteiger partial charge in [0.15, 0.2) is 11.5 Å².